The van der Waals surface area contributed by atoms with Gasteiger partial charge in [0, 0.05) is 26.2 Å². The molecular weight excluding hydrogens is 314 g/mol. The van der Waals surface area contributed by atoms with Gasteiger partial charge in [-0.25, -0.2) is 9.97 Å². The molecule has 3 aromatic heterocycles. The maximum Gasteiger partial charge on any atom is 0.240 e. The molecule has 0 amide bonds. The molecule has 8 nitrogen and oxygen atoms in total. The maximum absolute atomic E-state index is 5.49. The minimum atomic E-state index is 0.283. The van der Waals surface area contributed by atoms with Gasteiger partial charge >= 0.3 is 0 Å². The summed E-state index contributed by atoms with van der Waals surface area (Å²) in [6.07, 6.45) is 1.65. The Hall–Kier alpha value is -2.10. The van der Waals surface area contributed by atoms with Crippen molar-refractivity contribution < 1.29 is 4.52 Å². The van der Waals surface area contributed by atoms with Gasteiger partial charge in [0.05, 0.1) is 18.5 Å². The van der Waals surface area contributed by atoms with Crippen LogP contribution >= 0.6 is 11.3 Å². The molecule has 0 unspecified atom stereocenters. The van der Waals surface area contributed by atoms with Crippen molar-refractivity contribution >= 4 is 27.4 Å². The minimum absolute atomic E-state index is 0.283. The molecule has 4 heterocycles. The van der Waals surface area contributed by atoms with Crippen molar-refractivity contribution in [3.8, 4) is 0 Å². The van der Waals surface area contributed by atoms with Crippen LogP contribution in [0.1, 0.15) is 11.7 Å². The Bertz CT molecular complexity index is 793. The van der Waals surface area contributed by atoms with E-state index in [0.29, 0.717) is 18.3 Å². The molecular formula is C14H17N7OS. The molecule has 1 aliphatic heterocycles. The Morgan fingerprint density at radius 3 is 2.87 bits per heavy atom. The molecule has 1 saturated heterocycles. The topological polar surface area (TPSA) is 97.2 Å². The number of aromatic nitrogens is 4. The second-order valence-electron chi connectivity index (χ2n) is 5.41. The fourth-order valence-electron chi connectivity index (χ4n) is 2.78. The normalized spacial score (nSPS) is 16.3. The van der Waals surface area contributed by atoms with Crippen LogP contribution in [0.25, 0.3) is 10.2 Å². The minimum Gasteiger partial charge on any atom is -0.353 e. The van der Waals surface area contributed by atoms with Crippen molar-refractivity contribution in [2.75, 3.05) is 31.1 Å². The van der Waals surface area contributed by atoms with Crippen molar-refractivity contribution in [1.29, 1.82) is 0 Å². The summed E-state index contributed by atoms with van der Waals surface area (Å²) < 4.78 is 5.05. The van der Waals surface area contributed by atoms with Gasteiger partial charge in [0.25, 0.3) is 0 Å². The highest BCUT2D eigenvalue weighted by atomic mass is 32.1. The number of hydrogen-bond acceptors (Lipinski definition) is 9. The number of hydrogen-bond donors (Lipinski definition) is 1. The lowest BCUT2D eigenvalue weighted by atomic mass is 10.2. The third kappa shape index (κ3) is 2.90. The van der Waals surface area contributed by atoms with Crippen LogP contribution in [0.3, 0.4) is 0 Å². The zero-order chi connectivity index (χ0) is 15.6. The van der Waals surface area contributed by atoms with Gasteiger partial charge < -0.3 is 15.2 Å². The number of piperazine rings is 1. The van der Waals surface area contributed by atoms with Crippen molar-refractivity contribution in [3.05, 3.63) is 29.5 Å². The van der Waals surface area contributed by atoms with Crippen LogP contribution in [-0.4, -0.2) is 51.2 Å². The van der Waals surface area contributed by atoms with Crippen molar-refractivity contribution in [1.82, 2.24) is 25.0 Å². The van der Waals surface area contributed by atoms with E-state index in [9.17, 15) is 0 Å². The predicted molar refractivity (Wildman–Crippen MR) is 87.1 cm³/mol. The van der Waals surface area contributed by atoms with E-state index in [4.69, 9.17) is 10.3 Å². The lowest BCUT2D eigenvalue weighted by Gasteiger charge is -2.34. The number of nitrogens with two attached hydrogens (primary N) is 1. The molecule has 0 aliphatic carbocycles. The lowest BCUT2D eigenvalue weighted by molar-refractivity contribution is 0.239. The van der Waals surface area contributed by atoms with Gasteiger partial charge in [-0.05, 0) is 11.4 Å². The van der Waals surface area contributed by atoms with Crippen LogP contribution in [0.2, 0.25) is 0 Å². The predicted octanol–water partition coefficient (Wildman–Crippen LogP) is 0.855. The molecule has 4 rings (SSSR count). The van der Waals surface area contributed by atoms with Crippen LogP contribution in [-0.2, 0) is 13.1 Å². The fraction of sp³-hybridized carbons (Fsp3) is 0.429. The van der Waals surface area contributed by atoms with Crippen LogP contribution in [0.4, 0.5) is 5.82 Å². The molecule has 2 N–H and O–H groups in total. The van der Waals surface area contributed by atoms with Crippen molar-refractivity contribution in [2.24, 2.45) is 5.73 Å². The second-order valence-corrected chi connectivity index (χ2v) is 6.30. The average molecular weight is 331 g/mol. The second kappa shape index (κ2) is 6.19. The molecule has 23 heavy (non-hydrogen) atoms. The van der Waals surface area contributed by atoms with E-state index in [1.807, 2.05) is 0 Å². The lowest BCUT2D eigenvalue weighted by Crippen LogP contribution is -2.46. The molecule has 9 heteroatoms. The zero-order valence-electron chi connectivity index (χ0n) is 12.6. The molecule has 0 bridgehead atoms. The van der Waals surface area contributed by atoms with E-state index in [1.165, 1.54) is 0 Å². The summed E-state index contributed by atoms with van der Waals surface area (Å²) in [4.78, 5) is 18.7. The van der Waals surface area contributed by atoms with Gasteiger partial charge in [-0.3, -0.25) is 4.90 Å². The van der Waals surface area contributed by atoms with Crippen LogP contribution in [0.5, 0.6) is 0 Å². The van der Waals surface area contributed by atoms with Crippen molar-refractivity contribution in [3.63, 3.8) is 0 Å². The third-order valence-corrected chi connectivity index (χ3v) is 4.78. The van der Waals surface area contributed by atoms with Gasteiger partial charge in [0.2, 0.25) is 5.89 Å². The first-order chi connectivity index (χ1) is 11.3. The summed E-state index contributed by atoms with van der Waals surface area (Å²) in [5, 5.41) is 7.15. The Labute approximate surface area is 136 Å². The standard InChI is InChI=1S/C14H17N7OS/c15-7-12-18-11(19-22-12)8-20-2-4-21(5-3-20)13-10-1-6-23-14(10)17-9-16-13/h1,6,9H,2-5,7-8,15H2. The molecule has 0 saturated carbocycles. The zero-order valence-corrected chi connectivity index (χ0v) is 13.4. The van der Waals surface area contributed by atoms with Gasteiger partial charge in [-0.15, -0.1) is 11.3 Å². The number of fused-ring (bicyclic) bond motifs is 1. The van der Waals surface area contributed by atoms with E-state index in [1.54, 1.807) is 17.7 Å². The van der Waals surface area contributed by atoms with Crippen LogP contribution in [0, 0.1) is 0 Å². The first kappa shape index (κ1) is 14.5. The quantitative estimate of drug-likeness (QED) is 0.751. The highest BCUT2D eigenvalue weighted by molar-refractivity contribution is 7.16. The SMILES string of the molecule is NCc1nc(CN2CCN(c3ncnc4sccc34)CC2)no1. The number of anilines is 1. The molecule has 0 radical (unpaired) electrons. The van der Waals surface area contributed by atoms with Crippen molar-refractivity contribution in [2.45, 2.75) is 13.1 Å². The largest absolute Gasteiger partial charge is 0.353 e. The molecule has 120 valence electrons. The smallest absolute Gasteiger partial charge is 0.240 e. The summed E-state index contributed by atoms with van der Waals surface area (Å²) in [6.45, 7) is 4.68. The first-order valence-corrected chi connectivity index (χ1v) is 8.38. The summed E-state index contributed by atoms with van der Waals surface area (Å²) in [6, 6.07) is 2.09. The van der Waals surface area contributed by atoms with E-state index in [0.717, 1.165) is 42.2 Å². The Balaban J connectivity index is 1.41. The van der Waals surface area contributed by atoms with Gasteiger partial charge in [0.1, 0.15) is 17.0 Å². The molecule has 0 aromatic carbocycles. The Morgan fingerprint density at radius 2 is 2.09 bits per heavy atom. The number of thiophene rings is 1. The van der Waals surface area contributed by atoms with Crippen LogP contribution in [0.15, 0.2) is 22.3 Å². The molecule has 1 fully saturated rings. The highest BCUT2D eigenvalue weighted by Crippen LogP contribution is 2.27. The summed E-state index contributed by atoms with van der Waals surface area (Å²) >= 11 is 1.65. The molecule has 1 aliphatic rings. The third-order valence-electron chi connectivity index (χ3n) is 3.96. The maximum atomic E-state index is 5.49. The first-order valence-electron chi connectivity index (χ1n) is 7.50. The van der Waals surface area contributed by atoms with E-state index in [2.05, 4.69) is 41.4 Å². The Morgan fingerprint density at radius 1 is 1.22 bits per heavy atom. The Kier molecular flexibility index (Phi) is 3.90. The molecule has 0 atom stereocenters. The van der Waals surface area contributed by atoms with Gasteiger partial charge in [0.15, 0.2) is 5.82 Å². The van der Waals surface area contributed by atoms with Gasteiger partial charge in [-0.2, -0.15) is 4.98 Å². The number of nitrogens with zero attached hydrogens (tertiary/aromatic N) is 6. The fourth-order valence-corrected chi connectivity index (χ4v) is 3.51. The number of rotatable bonds is 4. The molecule has 0 spiro atoms. The van der Waals surface area contributed by atoms with Gasteiger partial charge in [-0.1, -0.05) is 5.16 Å². The molecule has 3 aromatic rings. The van der Waals surface area contributed by atoms with Crippen LogP contribution < -0.4 is 10.6 Å². The monoisotopic (exact) mass is 331 g/mol. The van der Waals surface area contributed by atoms with E-state index >= 15 is 0 Å². The summed E-state index contributed by atoms with van der Waals surface area (Å²) in [5.74, 6) is 2.21. The summed E-state index contributed by atoms with van der Waals surface area (Å²) in [5.41, 5.74) is 5.49. The van der Waals surface area contributed by atoms with E-state index < -0.39 is 0 Å². The summed E-state index contributed by atoms with van der Waals surface area (Å²) in [7, 11) is 0. The van der Waals surface area contributed by atoms with E-state index in [-0.39, 0.29) is 6.54 Å². The highest BCUT2D eigenvalue weighted by Gasteiger charge is 2.21. The average Bonchev–Trinajstić information content (AvgIpc) is 3.24.